The van der Waals surface area contributed by atoms with E-state index in [2.05, 4.69) is 16.0 Å². The van der Waals surface area contributed by atoms with Gasteiger partial charge in [-0.25, -0.2) is 4.79 Å². The molecule has 1 unspecified atom stereocenters. The first-order chi connectivity index (χ1) is 14.9. The van der Waals surface area contributed by atoms with Crippen LogP contribution in [0.25, 0.3) is 0 Å². The molecule has 2 aliphatic rings. The van der Waals surface area contributed by atoms with Crippen molar-refractivity contribution in [3.05, 3.63) is 59.2 Å². The van der Waals surface area contributed by atoms with Crippen LogP contribution in [0.15, 0.2) is 42.5 Å². The maximum Gasteiger partial charge on any atom is 0.319 e. The molecule has 2 aliphatic heterocycles. The predicted molar refractivity (Wildman–Crippen MR) is 111 cm³/mol. The second-order valence-corrected chi connectivity index (χ2v) is 7.43. The average molecular weight is 422 g/mol. The first-order valence-electron chi connectivity index (χ1n) is 9.90. The number of nitrogens with one attached hydrogen (secondary N) is 3. The fraction of sp³-hybridized carbons (Fsp3) is 0.273. The number of rotatable bonds is 5. The molecule has 31 heavy (non-hydrogen) atoms. The highest BCUT2D eigenvalue weighted by Crippen LogP contribution is 2.28. The van der Waals surface area contributed by atoms with Crippen LogP contribution in [0.2, 0.25) is 0 Å². The van der Waals surface area contributed by atoms with Crippen molar-refractivity contribution in [1.29, 1.82) is 0 Å². The van der Waals surface area contributed by atoms with E-state index in [0.29, 0.717) is 30.0 Å². The topological polar surface area (TPSA) is 117 Å². The zero-order valence-electron chi connectivity index (χ0n) is 16.9. The molecule has 2 heterocycles. The smallest absolute Gasteiger partial charge is 0.319 e. The number of anilines is 1. The van der Waals surface area contributed by atoms with Gasteiger partial charge in [-0.15, -0.1) is 0 Å². The number of piperidine rings is 1. The number of carbonyl (C=O) groups excluding carboxylic acids is 4. The number of fused-ring (bicyclic) bond motifs is 1. The van der Waals surface area contributed by atoms with Crippen molar-refractivity contribution in [2.24, 2.45) is 0 Å². The van der Waals surface area contributed by atoms with Crippen molar-refractivity contribution in [3.63, 3.8) is 0 Å². The summed E-state index contributed by atoms with van der Waals surface area (Å²) < 4.78 is 5.14. The van der Waals surface area contributed by atoms with Crippen molar-refractivity contribution in [1.82, 2.24) is 15.5 Å². The molecule has 160 valence electrons. The van der Waals surface area contributed by atoms with Crippen LogP contribution in [0.4, 0.5) is 10.5 Å². The van der Waals surface area contributed by atoms with E-state index in [0.717, 1.165) is 11.1 Å². The summed E-state index contributed by atoms with van der Waals surface area (Å²) in [5.74, 6) is -0.332. The first-order valence-corrected chi connectivity index (χ1v) is 9.90. The first kappa shape index (κ1) is 20.4. The number of imide groups is 1. The Morgan fingerprint density at radius 2 is 2.03 bits per heavy atom. The van der Waals surface area contributed by atoms with Crippen LogP contribution in [-0.2, 0) is 22.7 Å². The van der Waals surface area contributed by atoms with Crippen molar-refractivity contribution in [2.45, 2.75) is 32.0 Å². The van der Waals surface area contributed by atoms with Gasteiger partial charge in [0.2, 0.25) is 11.8 Å². The van der Waals surface area contributed by atoms with Crippen LogP contribution < -0.4 is 20.7 Å². The second-order valence-electron chi connectivity index (χ2n) is 7.43. The molecule has 5 amide bonds. The molecule has 0 aliphatic carbocycles. The summed E-state index contributed by atoms with van der Waals surface area (Å²) in [5.41, 5.74) is 2.77. The summed E-state index contributed by atoms with van der Waals surface area (Å²) in [6.45, 7) is 0.569. The third-order valence-electron chi connectivity index (χ3n) is 5.37. The van der Waals surface area contributed by atoms with E-state index in [-0.39, 0.29) is 30.8 Å². The molecule has 0 saturated carbocycles. The highest BCUT2D eigenvalue weighted by Gasteiger charge is 2.39. The summed E-state index contributed by atoms with van der Waals surface area (Å²) in [4.78, 5) is 49.9. The van der Waals surface area contributed by atoms with Gasteiger partial charge in [-0.2, -0.15) is 0 Å². The minimum Gasteiger partial charge on any atom is -0.497 e. The van der Waals surface area contributed by atoms with Crippen molar-refractivity contribution in [3.8, 4) is 5.75 Å². The third kappa shape index (κ3) is 4.35. The summed E-state index contributed by atoms with van der Waals surface area (Å²) in [6, 6.07) is 11.4. The van der Waals surface area contributed by atoms with Crippen LogP contribution in [0.5, 0.6) is 5.75 Å². The fourth-order valence-electron chi connectivity index (χ4n) is 3.80. The van der Waals surface area contributed by atoms with E-state index >= 15 is 0 Å². The van der Waals surface area contributed by atoms with Crippen molar-refractivity contribution < 1.29 is 23.9 Å². The largest absolute Gasteiger partial charge is 0.497 e. The van der Waals surface area contributed by atoms with Gasteiger partial charge >= 0.3 is 6.03 Å². The zero-order valence-corrected chi connectivity index (χ0v) is 16.9. The van der Waals surface area contributed by atoms with Gasteiger partial charge in [0.1, 0.15) is 11.8 Å². The van der Waals surface area contributed by atoms with E-state index in [1.54, 1.807) is 43.5 Å². The Morgan fingerprint density at radius 3 is 2.81 bits per heavy atom. The minimum atomic E-state index is -0.646. The van der Waals surface area contributed by atoms with Gasteiger partial charge in [0.25, 0.3) is 5.91 Å². The number of hydrogen-bond acceptors (Lipinski definition) is 5. The highest BCUT2D eigenvalue weighted by molar-refractivity contribution is 6.05. The Hall–Kier alpha value is -3.88. The number of ether oxygens (including phenoxy) is 1. The lowest BCUT2D eigenvalue weighted by atomic mass is 10.0. The summed E-state index contributed by atoms with van der Waals surface area (Å²) in [7, 11) is 1.55. The van der Waals surface area contributed by atoms with Gasteiger partial charge in [-0.1, -0.05) is 18.2 Å². The maximum atomic E-state index is 12.7. The molecule has 0 bridgehead atoms. The quantitative estimate of drug-likeness (QED) is 0.635. The number of amides is 5. The van der Waals surface area contributed by atoms with E-state index in [1.807, 2.05) is 6.07 Å². The number of nitrogens with zero attached hydrogens (tertiary/aromatic N) is 1. The van der Waals surface area contributed by atoms with Gasteiger partial charge in [0, 0.05) is 36.8 Å². The average Bonchev–Trinajstić information content (AvgIpc) is 3.08. The molecule has 2 aromatic carbocycles. The molecule has 9 nitrogen and oxygen atoms in total. The van der Waals surface area contributed by atoms with Crippen LogP contribution in [0.3, 0.4) is 0 Å². The van der Waals surface area contributed by atoms with E-state index in [1.165, 1.54) is 4.90 Å². The molecule has 1 fully saturated rings. The molecule has 4 rings (SSSR count). The molecule has 1 saturated heterocycles. The summed E-state index contributed by atoms with van der Waals surface area (Å²) >= 11 is 0. The Labute approximate surface area is 178 Å². The summed E-state index contributed by atoms with van der Waals surface area (Å²) in [6.07, 6.45) is 0.539. The third-order valence-corrected chi connectivity index (χ3v) is 5.37. The number of methoxy groups -OCH3 is 1. The van der Waals surface area contributed by atoms with Crippen LogP contribution in [0, 0.1) is 0 Å². The molecule has 9 heteroatoms. The van der Waals surface area contributed by atoms with E-state index in [4.69, 9.17) is 4.74 Å². The molecule has 0 radical (unpaired) electrons. The lowest BCUT2D eigenvalue weighted by Gasteiger charge is -2.29. The molecular formula is C22H22N4O5. The summed E-state index contributed by atoms with van der Waals surface area (Å²) in [5, 5.41) is 7.81. The predicted octanol–water partition coefficient (Wildman–Crippen LogP) is 1.78. The van der Waals surface area contributed by atoms with Crippen molar-refractivity contribution in [2.75, 3.05) is 12.4 Å². The molecule has 3 N–H and O–H groups in total. The van der Waals surface area contributed by atoms with Gasteiger partial charge < -0.3 is 20.3 Å². The Balaban J connectivity index is 1.37. The SMILES string of the molecule is COc1cccc(NC(=O)NCc2ccc3c(c2)CN(C2CCC(=O)NC2=O)C3=O)c1. The molecule has 0 aromatic heterocycles. The molecule has 1 atom stereocenters. The Bertz CT molecular complexity index is 1070. The fourth-order valence-corrected chi connectivity index (χ4v) is 3.80. The van der Waals surface area contributed by atoms with Crippen LogP contribution in [-0.4, -0.2) is 41.8 Å². The number of urea groups is 1. The van der Waals surface area contributed by atoms with E-state index in [9.17, 15) is 19.2 Å². The lowest BCUT2D eigenvalue weighted by Crippen LogP contribution is -2.52. The Morgan fingerprint density at radius 1 is 1.19 bits per heavy atom. The van der Waals surface area contributed by atoms with Crippen LogP contribution in [0.1, 0.15) is 34.3 Å². The minimum absolute atomic E-state index is 0.216. The van der Waals surface area contributed by atoms with Gasteiger partial charge in [-0.3, -0.25) is 19.7 Å². The second kappa shape index (κ2) is 8.47. The molecular weight excluding hydrogens is 400 g/mol. The normalized spacial score (nSPS) is 17.8. The Kier molecular flexibility index (Phi) is 5.57. The van der Waals surface area contributed by atoms with Gasteiger partial charge in [-0.05, 0) is 35.7 Å². The molecule has 2 aromatic rings. The monoisotopic (exact) mass is 422 g/mol. The van der Waals surface area contributed by atoms with E-state index < -0.39 is 11.9 Å². The number of carbonyl (C=O) groups is 4. The zero-order chi connectivity index (χ0) is 22.0. The standard InChI is InChI=1S/C22H22N4O5/c1-31-16-4-2-3-15(10-16)24-22(30)23-11-13-5-6-17-14(9-13)12-26(21(17)29)18-7-8-19(27)25-20(18)28/h2-6,9-10,18H,7-8,11-12H2,1H3,(H2,23,24,30)(H,25,27,28). The number of benzene rings is 2. The van der Waals surface area contributed by atoms with Gasteiger partial charge in [0.05, 0.1) is 7.11 Å². The maximum absolute atomic E-state index is 12.7. The molecule has 0 spiro atoms. The highest BCUT2D eigenvalue weighted by atomic mass is 16.5. The lowest BCUT2D eigenvalue weighted by molar-refractivity contribution is -0.136. The number of hydrogen-bond donors (Lipinski definition) is 3. The van der Waals surface area contributed by atoms with Crippen molar-refractivity contribution >= 4 is 29.4 Å². The van der Waals surface area contributed by atoms with Gasteiger partial charge in [0.15, 0.2) is 0 Å². The van der Waals surface area contributed by atoms with Crippen LogP contribution >= 0.6 is 0 Å².